The first-order valence-corrected chi connectivity index (χ1v) is 6.68. The van der Waals surface area contributed by atoms with Gasteiger partial charge in [-0.25, -0.2) is 4.98 Å². The molecule has 3 nitrogen and oxygen atoms in total. The fourth-order valence-electron chi connectivity index (χ4n) is 1.71. The van der Waals surface area contributed by atoms with Crippen molar-refractivity contribution in [3.05, 3.63) is 53.7 Å². The summed E-state index contributed by atoms with van der Waals surface area (Å²) in [7, 11) is 0. The molecule has 0 amide bonds. The zero-order valence-electron chi connectivity index (χ0n) is 11.1. The molecule has 0 aliphatic rings. The van der Waals surface area contributed by atoms with Crippen LogP contribution in [-0.2, 0) is 6.42 Å². The highest BCUT2D eigenvalue weighted by Crippen LogP contribution is 2.12. The predicted octanol–water partition coefficient (Wildman–Crippen LogP) is 3.76. The van der Waals surface area contributed by atoms with E-state index in [-0.39, 0.29) is 0 Å². The van der Waals surface area contributed by atoms with Crippen LogP contribution in [0, 0.1) is 6.92 Å². The molecule has 1 aromatic heterocycles. The van der Waals surface area contributed by atoms with Crippen LogP contribution in [0.2, 0.25) is 0 Å². The zero-order valence-corrected chi connectivity index (χ0v) is 11.9. The van der Waals surface area contributed by atoms with Crippen LogP contribution >= 0.6 is 12.2 Å². The van der Waals surface area contributed by atoms with Crippen LogP contribution < -0.4 is 10.6 Å². The molecule has 0 saturated carbocycles. The molecule has 19 heavy (non-hydrogen) atoms. The van der Waals surface area contributed by atoms with Crippen molar-refractivity contribution in [1.29, 1.82) is 0 Å². The van der Waals surface area contributed by atoms with Gasteiger partial charge in [-0.15, -0.1) is 0 Å². The van der Waals surface area contributed by atoms with Gasteiger partial charge in [-0.2, -0.15) is 0 Å². The summed E-state index contributed by atoms with van der Waals surface area (Å²) in [5.74, 6) is 0.783. The molecule has 0 atom stereocenters. The minimum atomic E-state index is 0.547. The van der Waals surface area contributed by atoms with Crippen molar-refractivity contribution in [3.8, 4) is 0 Å². The largest absolute Gasteiger partial charge is 0.332 e. The second-order valence-electron chi connectivity index (χ2n) is 4.30. The third-order valence-electron chi connectivity index (χ3n) is 2.86. The van der Waals surface area contributed by atoms with Crippen LogP contribution in [0.4, 0.5) is 11.5 Å². The average Bonchev–Trinajstić information content (AvgIpc) is 2.42. The van der Waals surface area contributed by atoms with Gasteiger partial charge in [-0.1, -0.05) is 25.1 Å². The molecule has 98 valence electrons. The molecule has 0 bridgehead atoms. The van der Waals surface area contributed by atoms with Crippen LogP contribution in [0.15, 0.2) is 42.6 Å². The van der Waals surface area contributed by atoms with Gasteiger partial charge in [-0.05, 0) is 54.9 Å². The molecule has 0 saturated heterocycles. The van der Waals surface area contributed by atoms with Crippen molar-refractivity contribution in [2.24, 2.45) is 0 Å². The summed E-state index contributed by atoms with van der Waals surface area (Å²) >= 11 is 5.28. The minimum Gasteiger partial charge on any atom is -0.332 e. The van der Waals surface area contributed by atoms with E-state index >= 15 is 0 Å². The van der Waals surface area contributed by atoms with E-state index in [1.165, 1.54) is 5.56 Å². The van der Waals surface area contributed by atoms with E-state index in [9.17, 15) is 0 Å². The van der Waals surface area contributed by atoms with Gasteiger partial charge in [0.25, 0.3) is 0 Å². The lowest BCUT2D eigenvalue weighted by molar-refractivity contribution is 1.14. The second-order valence-corrected chi connectivity index (χ2v) is 4.71. The van der Waals surface area contributed by atoms with Crippen molar-refractivity contribution >= 4 is 28.8 Å². The summed E-state index contributed by atoms with van der Waals surface area (Å²) in [6.07, 6.45) is 2.78. The lowest BCUT2D eigenvalue weighted by Crippen LogP contribution is -2.20. The standard InChI is InChI=1S/C15H17N3S/c1-3-12-6-8-13(9-7-12)17-15(19)18-14-11(2)5-4-10-16-14/h4-10H,3H2,1-2H3,(H2,16,17,18,19). The number of anilines is 2. The Morgan fingerprint density at radius 1 is 1.16 bits per heavy atom. The molecule has 2 N–H and O–H groups in total. The van der Waals surface area contributed by atoms with Crippen LogP contribution in [0.1, 0.15) is 18.1 Å². The highest BCUT2D eigenvalue weighted by atomic mass is 32.1. The molecule has 2 rings (SSSR count). The SMILES string of the molecule is CCc1ccc(NC(=S)Nc2ncccc2C)cc1. The highest BCUT2D eigenvalue weighted by molar-refractivity contribution is 7.80. The highest BCUT2D eigenvalue weighted by Gasteiger charge is 2.02. The Kier molecular flexibility index (Phi) is 4.47. The monoisotopic (exact) mass is 271 g/mol. The third kappa shape index (κ3) is 3.76. The first-order valence-electron chi connectivity index (χ1n) is 6.27. The fraction of sp³-hybridized carbons (Fsp3) is 0.200. The number of nitrogens with zero attached hydrogens (tertiary/aromatic N) is 1. The quantitative estimate of drug-likeness (QED) is 0.833. The average molecular weight is 271 g/mol. The minimum absolute atomic E-state index is 0.547. The van der Waals surface area contributed by atoms with Gasteiger partial charge in [0.2, 0.25) is 0 Å². The van der Waals surface area contributed by atoms with Crippen LogP contribution in [0.3, 0.4) is 0 Å². The lowest BCUT2D eigenvalue weighted by atomic mass is 10.1. The molecule has 0 aliphatic carbocycles. The van der Waals surface area contributed by atoms with Crippen molar-refractivity contribution in [1.82, 2.24) is 4.98 Å². The van der Waals surface area contributed by atoms with Crippen molar-refractivity contribution < 1.29 is 0 Å². The zero-order chi connectivity index (χ0) is 13.7. The molecular formula is C15H17N3S. The number of aromatic nitrogens is 1. The Bertz CT molecular complexity index is 564. The van der Waals surface area contributed by atoms with E-state index in [2.05, 4.69) is 34.7 Å². The van der Waals surface area contributed by atoms with E-state index in [1.807, 2.05) is 31.2 Å². The first-order chi connectivity index (χ1) is 9.19. The number of nitrogens with one attached hydrogen (secondary N) is 2. The molecule has 0 spiro atoms. The summed E-state index contributed by atoms with van der Waals surface area (Å²) in [5, 5.41) is 6.79. The van der Waals surface area contributed by atoms with Gasteiger partial charge in [0.1, 0.15) is 5.82 Å². The van der Waals surface area contributed by atoms with Gasteiger partial charge < -0.3 is 10.6 Å². The molecule has 4 heteroatoms. The molecule has 0 aliphatic heterocycles. The third-order valence-corrected chi connectivity index (χ3v) is 3.07. The molecule has 0 unspecified atom stereocenters. The van der Waals surface area contributed by atoms with Gasteiger partial charge in [0.05, 0.1) is 0 Å². The van der Waals surface area contributed by atoms with Crippen molar-refractivity contribution in [3.63, 3.8) is 0 Å². The number of hydrogen-bond donors (Lipinski definition) is 2. The van der Waals surface area contributed by atoms with Crippen LogP contribution in [0.5, 0.6) is 0 Å². The Hall–Kier alpha value is -1.94. The molecular weight excluding hydrogens is 254 g/mol. The van der Waals surface area contributed by atoms with E-state index in [4.69, 9.17) is 12.2 Å². The Balaban J connectivity index is 1.99. The number of aryl methyl sites for hydroxylation is 2. The Morgan fingerprint density at radius 3 is 2.53 bits per heavy atom. The number of pyridine rings is 1. The molecule has 1 aromatic carbocycles. The smallest absolute Gasteiger partial charge is 0.176 e. The molecule has 0 fully saturated rings. The summed E-state index contributed by atoms with van der Waals surface area (Å²) in [6, 6.07) is 12.1. The number of benzene rings is 1. The van der Waals surface area contributed by atoms with Crippen molar-refractivity contribution in [2.75, 3.05) is 10.6 Å². The van der Waals surface area contributed by atoms with E-state index in [1.54, 1.807) is 6.20 Å². The van der Waals surface area contributed by atoms with Crippen LogP contribution in [0.25, 0.3) is 0 Å². The van der Waals surface area contributed by atoms with E-state index < -0.39 is 0 Å². The maximum absolute atomic E-state index is 5.28. The summed E-state index contributed by atoms with van der Waals surface area (Å²) in [6.45, 7) is 4.13. The van der Waals surface area contributed by atoms with E-state index in [0.29, 0.717) is 5.11 Å². The maximum atomic E-state index is 5.28. The summed E-state index contributed by atoms with van der Waals surface area (Å²) < 4.78 is 0. The van der Waals surface area contributed by atoms with E-state index in [0.717, 1.165) is 23.5 Å². The predicted molar refractivity (Wildman–Crippen MR) is 84.6 cm³/mol. The molecule has 2 aromatic rings. The topological polar surface area (TPSA) is 37.0 Å². The number of rotatable bonds is 3. The first kappa shape index (κ1) is 13.5. The Labute approximate surface area is 119 Å². The molecule has 1 heterocycles. The van der Waals surface area contributed by atoms with Gasteiger partial charge in [0, 0.05) is 11.9 Å². The normalized spacial score (nSPS) is 10.0. The summed E-state index contributed by atoms with van der Waals surface area (Å²) in [5.41, 5.74) is 3.35. The van der Waals surface area contributed by atoms with Gasteiger partial charge in [0.15, 0.2) is 5.11 Å². The number of thiocarbonyl (C=S) groups is 1. The Morgan fingerprint density at radius 2 is 1.89 bits per heavy atom. The summed E-state index contributed by atoms with van der Waals surface area (Å²) in [4.78, 5) is 4.25. The fourth-order valence-corrected chi connectivity index (χ4v) is 1.92. The van der Waals surface area contributed by atoms with Crippen molar-refractivity contribution in [2.45, 2.75) is 20.3 Å². The van der Waals surface area contributed by atoms with Crippen LogP contribution in [-0.4, -0.2) is 10.1 Å². The lowest BCUT2D eigenvalue weighted by Gasteiger charge is -2.11. The number of hydrogen-bond acceptors (Lipinski definition) is 2. The second kappa shape index (κ2) is 6.29. The maximum Gasteiger partial charge on any atom is 0.176 e. The van der Waals surface area contributed by atoms with Gasteiger partial charge >= 0.3 is 0 Å². The van der Waals surface area contributed by atoms with Gasteiger partial charge in [-0.3, -0.25) is 0 Å². The molecule has 0 radical (unpaired) electrons.